The van der Waals surface area contributed by atoms with E-state index >= 15 is 0 Å². The van der Waals surface area contributed by atoms with Crippen molar-refractivity contribution in [2.45, 2.75) is 13.5 Å². The van der Waals surface area contributed by atoms with Crippen LogP contribution in [0.15, 0.2) is 29.1 Å². The number of aromatic nitrogens is 3. The number of amides is 1. The van der Waals surface area contributed by atoms with E-state index in [-0.39, 0.29) is 18.0 Å². The zero-order chi connectivity index (χ0) is 19.6. The van der Waals surface area contributed by atoms with Gasteiger partial charge in [-0.3, -0.25) is 14.5 Å². The smallest absolute Gasteiger partial charge is 0.275 e. The molecule has 27 heavy (non-hydrogen) atoms. The summed E-state index contributed by atoms with van der Waals surface area (Å²) in [5.41, 5.74) is 0.849. The second-order valence-electron chi connectivity index (χ2n) is 5.97. The lowest BCUT2D eigenvalue weighted by Crippen LogP contribution is -2.30. The largest absolute Gasteiger partial charge is 0.495 e. The molecule has 0 atom stereocenters. The fourth-order valence-corrected chi connectivity index (χ4v) is 3.52. The molecule has 142 valence electrons. The zero-order valence-electron chi connectivity index (χ0n) is 15.0. The van der Waals surface area contributed by atoms with Gasteiger partial charge in [0.05, 0.1) is 25.0 Å². The molecule has 1 N–H and O–H groups in total. The van der Waals surface area contributed by atoms with Gasteiger partial charge < -0.3 is 10.1 Å². The van der Waals surface area contributed by atoms with E-state index in [2.05, 4.69) is 15.4 Å². The van der Waals surface area contributed by atoms with Crippen LogP contribution in [0, 0.1) is 6.92 Å². The molecule has 0 aliphatic rings. The molecule has 0 saturated heterocycles. The number of halogens is 1. The Bertz CT molecular complexity index is 1050. The van der Waals surface area contributed by atoms with Crippen molar-refractivity contribution in [3.8, 4) is 5.75 Å². The third-order valence-electron chi connectivity index (χ3n) is 3.68. The van der Waals surface area contributed by atoms with Crippen molar-refractivity contribution in [2.24, 2.45) is 0 Å². The van der Waals surface area contributed by atoms with Gasteiger partial charge >= 0.3 is 0 Å². The number of ether oxygens (including phenoxy) is 1. The number of benzene rings is 1. The van der Waals surface area contributed by atoms with Crippen molar-refractivity contribution in [2.75, 3.05) is 26.0 Å². The average molecular weight is 408 g/mol. The van der Waals surface area contributed by atoms with Gasteiger partial charge in [-0.2, -0.15) is 9.61 Å². The van der Waals surface area contributed by atoms with E-state index in [1.807, 2.05) is 6.92 Å². The van der Waals surface area contributed by atoms with Crippen molar-refractivity contribution in [1.82, 2.24) is 19.5 Å². The molecule has 8 nitrogen and oxygen atoms in total. The molecule has 3 rings (SSSR count). The Labute approximate surface area is 164 Å². The van der Waals surface area contributed by atoms with Crippen LogP contribution in [-0.4, -0.2) is 46.1 Å². The number of carbonyl (C=O) groups is 1. The Morgan fingerprint density at radius 1 is 1.41 bits per heavy atom. The summed E-state index contributed by atoms with van der Waals surface area (Å²) in [4.78, 5) is 31.2. The highest BCUT2D eigenvalue weighted by molar-refractivity contribution is 7.16. The molecule has 0 unspecified atom stereocenters. The first-order chi connectivity index (χ1) is 12.9. The monoisotopic (exact) mass is 407 g/mol. The summed E-state index contributed by atoms with van der Waals surface area (Å²) in [6.07, 6.45) is 0. The first kappa shape index (κ1) is 19.3. The van der Waals surface area contributed by atoms with Crippen LogP contribution in [0.25, 0.3) is 4.96 Å². The Morgan fingerprint density at radius 2 is 2.19 bits per heavy atom. The number of likely N-dealkylation sites (N-methyl/N-ethyl adjacent to an activating group) is 1. The molecule has 0 spiro atoms. The molecule has 2 aromatic heterocycles. The van der Waals surface area contributed by atoms with Crippen molar-refractivity contribution < 1.29 is 9.53 Å². The Morgan fingerprint density at radius 3 is 2.93 bits per heavy atom. The summed E-state index contributed by atoms with van der Waals surface area (Å²) in [6.45, 7) is 2.28. The minimum absolute atomic E-state index is 0.110. The summed E-state index contributed by atoms with van der Waals surface area (Å²) >= 11 is 7.32. The summed E-state index contributed by atoms with van der Waals surface area (Å²) in [5, 5.41) is 8.15. The summed E-state index contributed by atoms with van der Waals surface area (Å²) < 4.78 is 6.50. The minimum Gasteiger partial charge on any atom is -0.495 e. The summed E-state index contributed by atoms with van der Waals surface area (Å²) in [7, 11) is 3.29. The maximum atomic E-state index is 12.3. The molecule has 0 saturated carbocycles. The number of hydrogen-bond acceptors (Lipinski definition) is 7. The number of anilines is 1. The predicted octanol–water partition coefficient (Wildman–Crippen LogP) is 2.19. The fraction of sp³-hybridized carbons (Fsp3) is 0.294. The van der Waals surface area contributed by atoms with Crippen LogP contribution in [0.4, 0.5) is 5.69 Å². The SMILES string of the molecule is COc1ccc(Cl)cc1NC(=O)CN(C)Cc1cc(=O)n2nc(C)sc2n1. The molecule has 3 aromatic rings. The Hall–Kier alpha value is -2.49. The van der Waals surface area contributed by atoms with Gasteiger partial charge in [0.25, 0.3) is 5.56 Å². The van der Waals surface area contributed by atoms with Gasteiger partial charge in [0.2, 0.25) is 10.9 Å². The Kier molecular flexibility index (Phi) is 5.73. The normalized spacial score (nSPS) is 11.1. The van der Waals surface area contributed by atoms with Crippen molar-refractivity contribution >= 4 is 39.5 Å². The molecular formula is C17H18ClN5O3S. The van der Waals surface area contributed by atoms with E-state index in [9.17, 15) is 9.59 Å². The second kappa shape index (κ2) is 8.03. The minimum atomic E-state index is -0.235. The van der Waals surface area contributed by atoms with Gasteiger partial charge in [0.1, 0.15) is 10.8 Å². The molecule has 2 heterocycles. The number of fused-ring (bicyclic) bond motifs is 1. The molecule has 0 aliphatic carbocycles. The highest BCUT2D eigenvalue weighted by atomic mass is 35.5. The number of nitrogens with zero attached hydrogens (tertiary/aromatic N) is 4. The highest BCUT2D eigenvalue weighted by Gasteiger charge is 2.13. The number of carbonyl (C=O) groups excluding carboxylic acids is 1. The lowest BCUT2D eigenvalue weighted by Gasteiger charge is -2.16. The van der Waals surface area contributed by atoms with Gasteiger partial charge in [-0.25, -0.2) is 4.98 Å². The van der Waals surface area contributed by atoms with Crippen LogP contribution in [0.3, 0.4) is 0 Å². The first-order valence-electron chi connectivity index (χ1n) is 8.04. The van der Waals surface area contributed by atoms with Crippen LogP contribution < -0.4 is 15.6 Å². The molecule has 1 amide bonds. The van der Waals surface area contributed by atoms with E-state index in [0.717, 1.165) is 5.01 Å². The molecule has 0 radical (unpaired) electrons. The summed E-state index contributed by atoms with van der Waals surface area (Å²) in [6, 6.07) is 6.43. The van der Waals surface area contributed by atoms with Crippen molar-refractivity contribution in [1.29, 1.82) is 0 Å². The Balaban J connectivity index is 1.67. The first-order valence-corrected chi connectivity index (χ1v) is 9.23. The number of methoxy groups -OCH3 is 1. The third-order valence-corrected chi connectivity index (χ3v) is 4.74. The van der Waals surface area contributed by atoms with E-state index < -0.39 is 0 Å². The molecule has 0 aliphatic heterocycles. The van der Waals surface area contributed by atoms with Crippen LogP contribution in [0.1, 0.15) is 10.7 Å². The van der Waals surface area contributed by atoms with E-state index in [0.29, 0.717) is 33.7 Å². The van der Waals surface area contributed by atoms with Crippen molar-refractivity contribution in [3.05, 3.63) is 50.3 Å². The molecule has 0 fully saturated rings. The molecule has 10 heteroatoms. The summed E-state index contributed by atoms with van der Waals surface area (Å²) in [5.74, 6) is 0.292. The maximum absolute atomic E-state index is 12.3. The van der Waals surface area contributed by atoms with E-state index in [4.69, 9.17) is 16.3 Å². The number of rotatable bonds is 6. The lowest BCUT2D eigenvalue weighted by molar-refractivity contribution is -0.117. The van der Waals surface area contributed by atoms with Crippen molar-refractivity contribution in [3.63, 3.8) is 0 Å². The topological polar surface area (TPSA) is 88.8 Å². The lowest BCUT2D eigenvalue weighted by atomic mass is 10.3. The van der Waals surface area contributed by atoms with Gasteiger partial charge in [-0.15, -0.1) is 0 Å². The highest BCUT2D eigenvalue weighted by Crippen LogP contribution is 2.27. The van der Waals surface area contributed by atoms with Gasteiger partial charge in [0, 0.05) is 17.6 Å². The maximum Gasteiger partial charge on any atom is 0.275 e. The van der Waals surface area contributed by atoms with Crippen LogP contribution in [0.2, 0.25) is 5.02 Å². The zero-order valence-corrected chi connectivity index (χ0v) is 16.6. The molecule has 0 bridgehead atoms. The van der Waals surface area contributed by atoms with Gasteiger partial charge in [-0.1, -0.05) is 22.9 Å². The quantitative estimate of drug-likeness (QED) is 0.673. The van der Waals surface area contributed by atoms with Gasteiger partial charge in [-0.05, 0) is 32.2 Å². The second-order valence-corrected chi connectivity index (χ2v) is 7.56. The predicted molar refractivity (Wildman–Crippen MR) is 105 cm³/mol. The average Bonchev–Trinajstić information content (AvgIpc) is 2.95. The van der Waals surface area contributed by atoms with Crippen LogP contribution in [-0.2, 0) is 11.3 Å². The third kappa shape index (κ3) is 4.62. The molecule has 1 aromatic carbocycles. The fourth-order valence-electron chi connectivity index (χ4n) is 2.58. The number of aryl methyl sites for hydroxylation is 1. The van der Waals surface area contributed by atoms with E-state index in [1.165, 1.54) is 29.0 Å². The number of nitrogens with one attached hydrogen (secondary N) is 1. The van der Waals surface area contributed by atoms with Crippen LogP contribution in [0.5, 0.6) is 5.75 Å². The van der Waals surface area contributed by atoms with E-state index in [1.54, 1.807) is 30.1 Å². The number of hydrogen-bond donors (Lipinski definition) is 1. The standard InChI is InChI=1S/C17H18ClN5O3S/c1-10-21-23-16(25)7-12(19-17(23)27-10)8-22(2)9-15(24)20-13-6-11(18)4-5-14(13)26-3/h4-7H,8-9H2,1-3H3,(H,20,24). The van der Waals surface area contributed by atoms with Crippen LogP contribution >= 0.6 is 22.9 Å². The molecular weight excluding hydrogens is 390 g/mol. The van der Waals surface area contributed by atoms with Gasteiger partial charge in [0.15, 0.2) is 0 Å².